The molecular formula is C72H131NO13. The van der Waals surface area contributed by atoms with Gasteiger partial charge in [0.15, 0.2) is 12.6 Å². The number of nitrogens with one attached hydrogen (secondary N) is 1. The average Bonchev–Trinajstić information content (AvgIpc) is 2.54. The number of aliphatic hydroxyl groups is 8. The van der Waals surface area contributed by atoms with Crippen LogP contribution in [-0.4, -0.2) is 140 Å². The number of aliphatic hydroxyl groups excluding tert-OH is 8. The summed E-state index contributed by atoms with van der Waals surface area (Å²) in [5.41, 5.74) is 0. The lowest BCUT2D eigenvalue weighted by Crippen LogP contribution is -2.65. The summed E-state index contributed by atoms with van der Waals surface area (Å²) in [7, 11) is 0. The first-order valence-electron chi connectivity index (χ1n) is 35.5. The van der Waals surface area contributed by atoms with Gasteiger partial charge in [0.2, 0.25) is 5.91 Å². The van der Waals surface area contributed by atoms with Gasteiger partial charge >= 0.3 is 0 Å². The Kier molecular flexibility index (Phi) is 52.6. The van der Waals surface area contributed by atoms with E-state index < -0.39 is 86.8 Å². The van der Waals surface area contributed by atoms with E-state index in [1.165, 1.54) is 212 Å². The minimum absolute atomic E-state index is 0.250. The van der Waals surface area contributed by atoms with Gasteiger partial charge in [-0.15, -0.1) is 0 Å². The van der Waals surface area contributed by atoms with Gasteiger partial charge in [-0.1, -0.05) is 274 Å². The van der Waals surface area contributed by atoms with Crippen molar-refractivity contribution in [3.8, 4) is 0 Å². The normalized spacial score (nSPS) is 23.7. The van der Waals surface area contributed by atoms with Crippen LogP contribution in [0.2, 0.25) is 0 Å². The molecule has 2 heterocycles. The smallest absolute Gasteiger partial charge is 0.220 e. The summed E-state index contributed by atoms with van der Waals surface area (Å²) in [6.45, 7) is 2.79. The molecular weight excluding hydrogens is 1090 g/mol. The first-order valence-corrected chi connectivity index (χ1v) is 35.5. The van der Waals surface area contributed by atoms with Crippen LogP contribution in [0.15, 0.2) is 60.8 Å². The van der Waals surface area contributed by atoms with E-state index >= 15 is 0 Å². The van der Waals surface area contributed by atoms with Gasteiger partial charge in [-0.05, 0) is 77.0 Å². The second-order valence-corrected chi connectivity index (χ2v) is 25.0. The van der Waals surface area contributed by atoms with Crippen LogP contribution < -0.4 is 5.32 Å². The van der Waals surface area contributed by atoms with Crippen molar-refractivity contribution in [1.82, 2.24) is 5.32 Å². The van der Waals surface area contributed by atoms with Crippen LogP contribution in [0, 0.1) is 0 Å². The largest absolute Gasteiger partial charge is 0.394 e. The predicted octanol–water partition coefficient (Wildman–Crippen LogP) is 14.5. The number of rotatable bonds is 58. The molecule has 14 nitrogen and oxygen atoms in total. The molecule has 14 heteroatoms. The van der Waals surface area contributed by atoms with Gasteiger partial charge in [-0.3, -0.25) is 4.79 Å². The molecule has 12 unspecified atom stereocenters. The summed E-state index contributed by atoms with van der Waals surface area (Å²) in [6, 6.07) is -0.940. The summed E-state index contributed by atoms with van der Waals surface area (Å²) in [5.74, 6) is -0.250. The third-order valence-corrected chi connectivity index (χ3v) is 17.2. The third-order valence-electron chi connectivity index (χ3n) is 17.2. The first-order chi connectivity index (χ1) is 42.1. The molecule has 0 aromatic carbocycles. The Hall–Kier alpha value is -2.31. The molecule has 2 rings (SSSR count). The number of ether oxygens (including phenoxy) is 4. The van der Waals surface area contributed by atoms with Gasteiger partial charge in [0.1, 0.15) is 48.8 Å². The van der Waals surface area contributed by atoms with Gasteiger partial charge < -0.3 is 65.1 Å². The zero-order chi connectivity index (χ0) is 62.3. The standard InChI is InChI=1S/C72H131NO13/c1-3-5-7-9-11-13-15-17-19-21-23-25-26-27-28-29-30-31-32-33-34-36-38-40-42-44-46-48-50-52-54-56-64(77)73-60(61(76)55-53-51-49-47-45-43-41-39-37-35-24-22-20-18-16-14-12-10-8-6-4-2)59-83-71-69(82)67(80)70(63(58-75)85-71)86-72-68(81)66(79)65(78)62(57-74)84-72/h15,17,21,23,37,39,45,47,53,55,60-63,65-72,74-76,78-82H,3-14,16,18-20,22,24-36,38,40-44,46,48-52,54,56-59H2,1-2H3,(H,73,77)/b17-15-,23-21-,39-37+,47-45+,55-53+. The topological polar surface area (TPSA) is 228 Å². The summed E-state index contributed by atoms with van der Waals surface area (Å²) in [6.07, 6.45) is 58.5. The quantitative estimate of drug-likeness (QED) is 0.0204. The number of hydrogen-bond donors (Lipinski definition) is 9. The van der Waals surface area contributed by atoms with E-state index in [1.807, 2.05) is 6.08 Å². The van der Waals surface area contributed by atoms with E-state index in [9.17, 15) is 45.6 Å². The molecule has 0 saturated carbocycles. The van der Waals surface area contributed by atoms with Crippen LogP contribution in [0.5, 0.6) is 0 Å². The lowest BCUT2D eigenvalue weighted by molar-refractivity contribution is -0.359. The van der Waals surface area contributed by atoms with Gasteiger partial charge in [0.25, 0.3) is 0 Å². The predicted molar refractivity (Wildman–Crippen MR) is 350 cm³/mol. The highest BCUT2D eigenvalue weighted by Gasteiger charge is 2.51. The number of unbranched alkanes of at least 4 members (excludes halogenated alkanes) is 37. The van der Waals surface area contributed by atoms with Crippen LogP contribution >= 0.6 is 0 Å². The molecule has 0 radical (unpaired) electrons. The van der Waals surface area contributed by atoms with Crippen molar-refractivity contribution in [1.29, 1.82) is 0 Å². The number of carbonyl (C=O) groups excluding carboxylic acids is 1. The molecule has 0 spiro atoms. The molecule has 12 atom stereocenters. The maximum absolute atomic E-state index is 13.3. The molecule has 0 bridgehead atoms. The SMILES string of the molecule is CCCCCCC/C=C\C/C=C\CCCCCCCCCCCCCCCCCCCCCC(=O)NC(COC1OC(CO)C(OC2OC(CO)C(O)C(O)C2O)C(O)C1O)C(O)/C=C/CC/C=C/CC/C=C/CCCCCCCCCCCCC. The Balaban J connectivity index is 1.67. The molecule has 2 aliphatic rings. The van der Waals surface area contributed by atoms with E-state index in [2.05, 4.69) is 67.8 Å². The average molecular weight is 1220 g/mol. The molecule has 0 aliphatic carbocycles. The Labute approximate surface area is 524 Å². The first kappa shape index (κ1) is 79.8. The second kappa shape index (κ2) is 56.7. The number of hydrogen-bond acceptors (Lipinski definition) is 13. The Morgan fingerprint density at radius 3 is 1.21 bits per heavy atom. The minimum Gasteiger partial charge on any atom is -0.394 e. The molecule has 86 heavy (non-hydrogen) atoms. The van der Waals surface area contributed by atoms with Gasteiger partial charge in [0.05, 0.1) is 32.0 Å². The van der Waals surface area contributed by atoms with E-state index in [0.717, 1.165) is 51.4 Å². The van der Waals surface area contributed by atoms with Crippen LogP contribution in [0.1, 0.15) is 296 Å². The van der Waals surface area contributed by atoms with Gasteiger partial charge in [-0.25, -0.2) is 0 Å². The van der Waals surface area contributed by atoms with E-state index in [0.29, 0.717) is 12.8 Å². The molecule has 0 aromatic rings. The van der Waals surface area contributed by atoms with Crippen molar-refractivity contribution < 1.29 is 64.6 Å². The number of allylic oxidation sites excluding steroid dienone is 9. The zero-order valence-corrected chi connectivity index (χ0v) is 54.6. The van der Waals surface area contributed by atoms with Crippen molar-refractivity contribution >= 4 is 5.91 Å². The molecule has 2 saturated heterocycles. The highest BCUT2D eigenvalue weighted by Crippen LogP contribution is 2.30. The van der Waals surface area contributed by atoms with Crippen molar-refractivity contribution in [3.63, 3.8) is 0 Å². The zero-order valence-electron chi connectivity index (χ0n) is 54.6. The van der Waals surface area contributed by atoms with Crippen LogP contribution in [0.25, 0.3) is 0 Å². The van der Waals surface area contributed by atoms with Gasteiger partial charge in [-0.2, -0.15) is 0 Å². The van der Waals surface area contributed by atoms with Crippen LogP contribution in [-0.2, 0) is 23.7 Å². The Morgan fingerprint density at radius 1 is 0.419 bits per heavy atom. The van der Waals surface area contributed by atoms with E-state index in [-0.39, 0.29) is 18.9 Å². The van der Waals surface area contributed by atoms with Crippen molar-refractivity contribution in [3.05, 3.63) is 60.8 Å². The fraction of sp³-hybridized carbons (Fsp3) is 0.847. The highest BCUT2D eigenvalue weighted by atomic mass is 16.7. The summed E-state index contributed by atoms with van der Waals surface area (Å²) in [5, 5.41) is 87.4. The lowest BCUT2D eigenvalue weighted by Gasteiger charge is -2.46. The van der Waals surface area contributed by atoms with Gasteiger partial charge in [0, 0.05) is 6.42 Å². The molecule has 502 valence electrons. The Bertz CT molecular complexity index is 1670. The van der Waals surface area contributed by atoms with Crippen LogP contribution in [0.3, 0.4) is 0 Å². The lowest BCUT2D eigenvalue weighted by atomic mass is 9.97. The maximum atomic E-state index is 13.3. The molecule has 9 N–H and O–H groups in total. The summed E-state index contributed by atoms with van der Waals surface area (Å²) in [4.78, 5) is 13.3. The number of carbonyl (C=O) groups is 1. The second-order valence-electron chi connectivity index (χ2n) is 25.0. The highest BCUT2D eigenvalue weighted by molar-refractivity contribution is 5.76. The molecule has 2 fully saturated rings. The maximum Gasteiger partial charge on any atom is 0.220 e. The van der Waals surface area contributed by atoms with Crippen molar-refractivity contribution in [2.45, 2.75) is 370 Å². The van der Waals surface area contributed by atoms with Crippen LogP contribution in [0.4, 0.5) is 0 Å². The molecule has 2 aliphatic heterocycles. The number of amides is 1. The van der Waals surface area contributed by atoms with E-state index in [4.69, 9.17) is 18.9 Å². The fourth-order valence-corrected chi connectivity index (χ4v) is 11.5. The van der Waals surface area contributed by atoms with Crippen molar-refractivity contribution in [2.24, 2.45) is 0 Å². The monoisotopic (exact) mass is 1220 g/mol. The third kappa shape index (κ3) is 40.4. The summed E-state index contributed by atoms with van der Waals surface area (Å²) >= 11 is 0. The Morgan fingerprint density at radius 2 is 0.779 bits per heavy atom. The summed E-state index contributed by atoms with van der Waals surface area (Å²) < 4.78 is 22.8. The molecule has 0 aromatic heterocycles. The van der Waals surface area contributed by atoms with Crippen molar-refractivity contribution in [2.75, 3.05) is 19.8 Å². The van der Waals surface area contributed by atoms with E-state index in [1.54, 1.807) is 6.08 Å². The molecule has 1 amide bonds. The minimum atomic E-state index is -1.79. The fourth-order valence-electron chi connectivity index (χ4n) is 11.5.